The van der Waals surface area contributed by atoms with Crippen molar-refractivity contribution < 1.29 is 9.63 Å². The van der Waals surface area contributed by atoms with Gasteiger partial charge in [-0.3, -0.25) is 9.59 Å². The number of hydrogen-bond acceptors (Lipinski definition) is 5. The van der Waals surface area contributed by atoms with Crippen LogP contribution < -0.4 is 10.9 Å². The van der Waals surface area contributed by atoms with Crippen molar-refractivity contribution >= 4 is 28.2 Å². The number of carbonyl (C=O) groups excluding carboxylic acids is 1. The fourth-order valence-corrected chi connectivity index (χ4v) is 2.69. The third kappa shape index (κ3) is 2.99. The van der Waals surface area contributed by atoms with E-state index in [9.17, 15) is 9.59 Å². The highest BCUT2D eigenvalue weighted by molar-refractivity contribution is 6.06. The summed E-state index contributed by atoms with van der Waals surface area (Å²) < 4.78 is 0. The molecular weight excluding hydrogens is 320 g/mol. The zero-order valence-electron chi connectivity index (χ0n) is 13.1. The van der Waals surface area contributed by atoms with Crippen LogP contribution in [0.1, 0.15) is 12.0 Å². The summed E-state index contributed by atoms with van der Waals surface area (Å²) in [6, 6.07) is 14.5. The lowest BCUT2D eigenvalue weighted by Gasteiger charge is -2.10. The molecule has 3 aromatic rings. The molecule has 0 fully saturated rings. The number of rotatable bonds is 3. The number of anilines is 1. The molecule has 0 saturated heterocycles. The van der Waals surface area contributed by atoms with Crippen LogP contribution in [-0.2, 0) is 9.63 Å². The van der Waals surface area contributed by atoms with Gasteiger partial charge in [-0.2, -0.15) is 0 Å². The Labute approximate surface area is 142 Å². The quantitative estimate of drug-likeness (QED) is 0.766. The topological polar surface area (TPSA) is 96.4 Å². The van der Waals surface area contributed by atoms with E-state index in [1.165, 1.54) is 6.33 Å². The molecule has 1 amide bonds. The van der Waals surface area contributed by atoms with Crippen LogP contribution in [0.25, 0.3) is 10.9 Å². The standard InChI is InChI=1S/C18H14N4O3/c23-17-13-8-12(6-7-14(13)19-10-20-17)21-18(24)16-9-15(22-25-16)11-4-2-1-3-5-11/h1-8,10,16H,9H2,(H,21,24)(H,19,20,23)/t16-/m1/s1. The summed E-state index contributed by atoms with van der Waals surface area (Å²) in [6.07, 6.45) is 1.04. The SMILES string of the molecule is O=C(Nc1ccc2nc[nH]c(=O)c2c1)[C@H]1CC(c2ccccc2)=NO1. The van der Waals surface area contributed by atoms with Gasteiger partial charge in [0.2, 0.25) is 6.10 Å². The Balaban J connectivity index is 1.48. The minimum absolute atomic E-state index is 0.257. The molecule has 25 heavy (non-hydrogen) atoms. The van der Waals surface area contributed by atoms with Gasteiger partial charge >= 0.3 is 0 Å². The number of aromatic nitrogens is 2. The minimum Gasteiger partial charge on any atom is -0.382 e. The van der Waals surface area contributed by atoms with Crippen molar-refractivity contribution in [3.8, 4) is 0 Å². The number of benzene rings is 2. The second kappa shape index (κ2) is 6.20. The van der Waals surface area contributed by atoms with E-state index in [2.05, 4.69) is 20.4 Å². The zero-order chi connectivity index (χ0) is 17.2. The van der Waals surface area contributed by atoms with Gasteiger partial charge in [-0.05, 0) is 23.8 Å². The Hall–Kier alpha value is -3.48. The summed E-state index contributed by atoms with van der Waals surface area (Å²) in [5.74, 6) is -0.311. The van der Waals surface area contributed by atoms with E-state index in [0.29, 0.717) is 23.0 Å². The first-order valence-electron chi connectivity index (χ1n) is 7.77. The maximum absolute atomic E-state index is 12.4. The third-order valence-electron chi connectivity index (χ3n) is 3.98. The normalized spacial score (nSPS) is 16.3. The van der Waals surface area contributed by atoms with Crippen LogP contribution in [0.3, 0.4) is 0 Å². The Morgan fingerprint density at radius 2 is 2.04 bits per heavy atom. The second-order valence-electron chi connectivity index (χ2n) is 5.66. The fraction of sp³-hybridized carbons (Fsp3) is 0.111. The zero-order valence-corrected chi connectivity index (χ0v) is 13.1. The number of carbonyl (C=O) groups is 1. The van der Waals surface area contributed by atoms with Gasteiger partial charge in [-0.25, -0.2) is 4.98 Å². The molecule has 0 bridgehead atoms. The van der Waals surface area contributed by atoms with Gasteiger partial charge < -0.3 is 15.1 Å². The van der Waals surface area contributed by atoms with E-state index >= 15 is 0 Å². The van der Waals surface area contributed by atoms with Gasteiger partial charge in [0, 0.05) is 12.1 Å². The number of aromatic amines is 1. The lowest BCUT2D eigenvalue weighted by Crippen LogP contribution is -2.28. The average Bonchev–Trinajstić information content (AvgIpc) is 3.13. The van der Waals surface area contributed by atoms with Crippen molar-refractivity contribution in [2.45, 2.75) is 12.5 Å². The molecule has 2 N–H and O–H groups in total. The van der Waals surface area contributed by atoms with Crippen LogP contribution in [0.2, 0.25) is 0 Å². The molecule has 1 atom stereocenters. The van der Waals surface area contributed by atoms with Gasteiger partial charge in [0.15, 0.2) is 0 Å². The van der Waals surface area contributed by atoms with Crippen LogP contribution in [0, 0.1) is 0 Å². The number of nitrogens with zero attached hydrogens (tertiary/aromatic N) is 2. The Bertz CT molecular complexity index is 1030. The molecule has 2 heterocycles. The van der Waals surface area contributed by atoms with E-state index in [0.717, 1.165) is 11.3 Å². The maximum Gasteiger partial charge on any atom is 0.268 e. The first-order chi connectivity index (χ1) is 12.2. The smallest absolute Gasteiger partial charge is 0.268 e. The molecule has 0 unspecified atom stereocenters. The van der Waals surface area contributed by atoms with Gasteiger partial charge in [-0.15, -0.1) is 0 Å². The van der Waals surface area contributed by atoms with Crippen molar-refractivity contribution in [2.24, 2.45) is 5.16 Å². The van der Waals surface area contributed by atoms with Crippen molar-refractivity contribution in [3.63, 3.8) is 0 Å². The number of amides is 1. The summed E-state index contributed by atoms with van der Waals surface area (Å²) in [7, 11) is 0. The first-order valence-corrected chi connectivity index (χ1v) is 7.77. The van der Waals surface area contributed by atoms with E-state index < -0.39 is 6.10 Å². The molecule has 7 heteroatoms. The van der Waals surface area contributed by atoms with E-state index in [1.807, 2.05) is 30.3 Å². The Morgan fingerprint density at radius 1 is 1.20 bits per heavy atom. The van der Waals surface area contributed by atoms with Crippen LogP contribution in [0.5, 0.6) is 0 Å². The van der Waals surface area contributed by atoms with Crippen LogP contribution in [0.15, 0.2) is 64.8 Å². The van der Waals surface area contributed by atoms with Crippen molar-refractivity contribution in [1.29, 1.82) is 0 Å². The maximum atomic E-state index is 12.4. The van der Waals surface area contributed by atoms with Crippen LogP contribution in [0.4, 0.5) is 5.69 Å². The highest BCUT2D eigenvalue weighted by Crippen LogP contribution is 2.19. The molecule has 1 aromatic heterocycles. The first kappa shape index (κ1) is 15.1. The van der Waals surface area contributed by atoms with E-state index in [-0.39, 0.29) is 11.5 Å². The highest BCUT2D eigenvalue weighted by atomic mass is 16.6. The highest BCUT2D eigenvalue weighted by Gasteiger charge is 2.28. The third-order valence-corrected chi connectivity index (χ3v) is 3.98. The lowest BCUT2D eigenvalue weighted by atomic mass is 10.0. The Kier molecular flexibility index (Phi) is 3.74. The molecular formula is C18H14N4O3. The fourth-order valence-electron chi connectivity index (χ4n) is 2.69. The summed E-state index contributed by atoms with van der Waals surface area (Å²) in [6.45, 7) is 0. The Morgan fingerprint density at radius 3 is 2.88 bits per heavy atom. The summed E-state index contributed by atoms with van der Waals surface area (Å²) in [5, 5.41) is 7.17. The number of oxime groups is 1. The number of hydrogen-bond donors (Lipinski definition) is 2. The monoisotopic (exact) mass is 334 g/mol. The molecule has 4 rings (SSSR count). The van der Waals surface area contributed by atoms with Crippen molar-refractivity contribution in [2.75, 3.05) is 5.32 Å². The van der Waals surface area contributed by atoms with Crippen LogP contribution >= 0.6 is 0 Å². The molecule has 0 aliphatic carbocycles. The van der Waals surface area contributed by atoms with Gasteiger partial charge in [0.25, 0.3) is 11.5 Å². The molecule has 0 saturated carbocycles. The predicted molar refractivity (Wildman–Crippen MR) is 93.5 cm³/mol. The molecule has 7 nitrogen and oxygen atoms in total. The average molecular weight is 334 g/mol. The summed E-state index contributed by atoms with van der Waals surface area (Å²) in [4.78, 5) is 36.1. The van der Waals surface area contributed by atoms with Gasteiger partial charge in [-0.1, -0.05) is 35.5 Å². The van der Waals surface area contributed by atoms with E-state index in [1.54, 1.807) is 18.2 Å². The van der Waals surface area contributed by atoms with Crippen LogP contribution in [-0.4, -0.2) is 27.7 Å². The van der Waals surface area contributed by atoms with Crippen molar-refractivity contribution in [1.82, 2.24) is 9.97 Å². The molecule has 0 radical (unpaired) electrons. The number of H-pyrrole nitrogens is 1. The number of nitrogens with one attached hydrogen (secondary N) is 2. The summed E-state index contributed by atoms with van der Waals surface area (Å²) >= 11 is 0. The lowest BCUT2D eigenvalue weighted by molar-refractivity contribution is -0.125. The molecule has 0 spiro atoms. The van der Waals surface area contributed by atoms with Gasteiger partial charge in [0.1, 0.15) is 0 Å². The minimum atomic E-state index is -0.696. The molecule has 1 aliphatic rings. The van der Waals surface area contributed by atoms with Crippen molar-refractivity contribution in [3.05, 3.63) is 70.8 Å². The number of fused-ring (bicyclic) bond motifs is 1. The second-order valence-corrected chi connectivity index (χ2v) is 5.66. The molecule has 124 valence electrons. The predicted octanol–water partition coefficient (Wildman–Crippen LogP) is 2.05. The molecule has 1 aliphatic heterocycles. The largest absolute Gasteiger partial charge is 0.382 e. The van der Waals surface area contributed by atoms with Gasteiger partial charge in [0.05, 0.1) is 22.9 Å². The summed E-state index contributed by atoms with van der Waals surface area (Å²) in [5.41, 5.74) is 2.48. The van der Waals surface area contributed by atoms with E-state index in [4.69, 9.17) is 4.84 Å². The molecule has 2 aromatic carbocycles.